The monoisotopic (exact) mass is 267 g/mol. The lowest BCUT2D eigenvalue weighted by molar-refractivity contribution is -0.166. The SMILES string of the molecule is CC(C)N(CC(F)(F)F)C(=O)C1CNC(=O)CN1. The summed E-state index contributed by atoms with van der Waals surface area (Å²) >= 11 is 0. The highest BCUT2D eigenvalue weighted by Gasteiger charge is 2.37. The fraction of sp³-hybridized carbons (Fsp3) is 0.800. The number of hydrogen-bond donors (Lipinski definition) is 2. The van der Waals surface area contributed by atoms with E-state index in [-0.39, 0.29) is 19.0 Å². The standard InChI is InChI=1S/C10H16F3N3O2/c1-6(2)16(5-10(11,12)13)9(18)7-3-15-8(17)4-14-7/h6-7,14H,3-5H2,1-2H3,(H,15,17). The summed E-state index contributed by atoms with van der Waals surface area (Å²) in [5, 5.41) is 5.06. The van der Waals surface area contributed by atoms with Gasteiger partial charge in [-0.2, -0.15) is 13.2 Å². The number of nitrogens with one attached hydrogen (secondary N) is 2. The van der Waals surface area contributed by atoms with Gasteiger partial charge in [0.15, 0.2) is 0 Å². The van der Waals surface area contributed by atoms with E-state index in [2.05, 4.69) is 10.6 Å². The first kappa shape index (κ1) is 14.7. The lowest BCUT2D eigenvalue weighted by Gasteiger charge is -2.33. The van der Waals surface area contributed by atoms with Gasteiger partial charge in [0.1, 0.15) is 12.6 Å². The Morgan fingerprint density at radius 3 is 2.50 bits per heavy atom. The number of carbonyl (C=O) groups excluding carboxylic acids is 2. The van der Waals surface area contributed by atoms with Gasteiger partial charge in [-0.1, -0.05) is 0 Å². The lowest BCUT2D eigenvalue weighted by atomic mass is 10.1. The predicted molar refractivity (Wildman–Crippen MR) is 57.7 cm³/mol. The third-order valence-electron chi connectivity index (χ3n) is 2.57. The number of piperazine rings is 1. The van der Waals surface area contributed by atoms with Gasteiger partial charge >= 0.3 is 6.18 Å². The van der Waals surface area contributed by atoms with Crippen LogP contribution in [0.2, 0.25) is 0 Å². The normalized spacial score (nSPS) is 20.8. The summed E-state index contributed by atoms with van der Waals surface area (Å²) in [5.41, 5.74) is 0. The van der Waals surface area contributed by atoms with E-state index in [4.69, 9.17) is 0 Å². The van der Waals surface area contributed by atoms with Crippen molar-refractivity contribution in [3.05, 3.63) is 0 Å². The summed E-state index contributed by atoms with van der Waals surface area (Å²) in [7, 11) is 0. The van der Waals surface area contributed by atoms with Crippen molar-refractivity contribution in [2.45, 2.75) is 32.1 Å². The molecule has 1 fully saturated rings. The molecule has 1 rings (SSSR count). The zero-order chi connectivity index (χ0) is 13.9. The van der Waals surface area contributed by atoms with Crippen LogP contribution >= 0.6 is 0 Å². The molecule has 1 saturated heterocycles. The second kappa shape index (κ2) is 5.55. The molecule has 2 amide bonds. The van der Waals surface area contributed by atoms with Crippen molar-refractivity contribution in [3.8, 4) is 0 Å². The van der Waals surface area contributed by atoms with Crippen molar-refractivity contribution in [1.82, 2.24) is 15.5 Å². The molecule has 0 aromatic rings. The number of carbonyl (C=O) groups is 2. The van der Waals surface area contributed by atoms with Gasteiger partial charge in [0, 0.05) is 12.6 Å². The molecule has 1 atom stereocenters. The number of amides is 2. The Balaban J connectivity index is 2.68. The van der Waals surface area contributed by atoms with Crippen molar-refractivity contribution >= 4 is 11.8 Å². The van der Waals surface area contributed by atoms with Crippen LogP contribution in [0.1, 0.15) is 13.8 Å². The molecule has 0 radical (unpaired) electrons. The quantitative estimate of drug-likeness (QED) is 0.749. The van der Waals surface area contributed by atoms with E-state index in [0.717, 1.165) is 4.90 Å². The van der Waals surface area contributed by atoms with Crippen LogP contribution in [0.15, 0.2) is 0 Å². The Labute approximate surface area is 103 Å². The minimum atomic E-state index is -4.43. The van der Waals surface area contributed by atoms with Crippen LogP contribution in [0.3, 0.4) is 0 Å². The molecule has 0 bridgehead atoms. The Morgan fingerprint density at radius 2 is 2.11 bits per heavy atom. The highest BCUT2D eigenvalue weighted by molar-refractivity contribution is 5.87. The molecule has 0 aliphatic carbocycles. The molecule has 1 heterocycles. The second-order valence-electron chi connectivity index (χ2n) is 4.41. The van der Waals surface area contributed by atoms with Crippen LogP contribution in [0.4, 0.5) is 13.2 Å². The first-order valence-electron chi connectivity index (χ1n) is 5.58. The van der Waals surface area contributed by atoms with Gasteiger partial charge in [0.2, 0.25) is 11.8 Å². The number of rotatable bonds is 3. The first-order valence-corrected chi connectivity index (χ1v) is 5.58. The highest BCUT2D eigenvalue weighted by atomic mass is 19.4. The largest absolute Gasteiger partial charge is 0.406 e. The Hall–Kier alpha value is -1.31. The van der Waals surface area contributed by atoms with Crippen molar-refractivity contribution in [2.24, 2.45) is 0 Å². The smallest absolute Gasteiger partial charge is 0.353 e. The van der Waals surface area contributed by atoms with Gasteiger partial charge in [0.05, 0.1) is 6.54 Å². The zero-order valence-corrected chi connectivity index (χ0v) is 10.2. The van der Waals surface area contributed by atoms with Gasteiger partial charge in [-0.05, 0) is 13.8 Å². The van der Waals surface area contributed by atoms with Crippen LogP contribution in [-0.4, -0.2) is 54.6 Å². The maximum atomic E-state index is 12.4. The van der Waals surface area contributed by atoms with Crippen molar-refractivity contribution in [3.63, 3.8) is 0 Å². The molecule has 104 valence electrons. The maximum absolute atomic E-state index is 12.4. The number of hydrogen-bond acceptors (Lipinski definition) is 3. The molecule has 5 nitrogen and oxygen atoms in total. The average Bonchev–Trinajstić information content (AvgIpc) is 2.24. The molecule has 0 aromatic heterocycles. The summed E-state index contributed by atoms with van der Waals surface area (Å²) in [4.78, 5) is 23.6. The van der Waals surface area contributed by atoms with Gasteiger partial charge in [-0.15, -0.1) is 0 Å². The lowest BCUT2D eigenvalue weighted by Crippen LogP contribution is -2.60. The van der Waals surface area contributed by atoms with E-state index in [0.29, 0.717) is 0 Å². The van der Waals surface area contributed by atoms with Crippen LogP contribution in [0.25, 0.3) is 0 Å². The molecule has 0 saturated carbocycles. The molecule has 1 aliphatic rings. The van der Waals surface area contributed by atoms with Crippen molar-refractivity contribution < 1.29 is 22.8 Å². The Bertz CT molecular complexity index is 321. The maximum Gasteiger partial charge on any atom is 0.406 e. The minimum absolute atomic E-state index is 0.0126. The topological polar surface area (TPSA) is 61.4 Å². The summed E-state index contributed by atoms with van der Waals surface area (Å²) in [6.45, 7) is 1.71. The van der Waals surface area contributed by atoms with Gasteiger partial charge < -0.3 is 10.2 Å². The van der Waals surface area contributed by atoms with E-state index in [1.807, 2.05) is 0 Å². The molecule has 18 heavy (non-hydrogen) atoms. The summed E-state index contributed by atoms with van der Waals surface area (Å²) < 4.78 is 37.1. The molecule has 2 N–H and O–H groups in total. The van der Waals surface area contributed by atoms with Gasteiger partial charge in [-0.25, -0.2) is 0 Å². The van der Waals surface area contributed by atoms with Crippen molar-refractivity contribution in [2.75, 3.05) is 19.6 Å². The van der Waals surface area contributed by atoms with Crippen LogP contribution in [-0.2, 0) is 9.59 Å². The number of nitrogens with zero attached hydrogens (tertiary/aromatic N) is 1. The van der Waals surface area contributed by atoms with Crippen LogP contribution < -0.4 is 10.6 Å². The van der Waals surface area contributed by atoms with E-state index in [1.165, 1.54) is 13.8 Å². The number of alkyl halides is 3. The molecule has 8 heteroatoms. The molecule has 1 unspecified atom stereocenters. The van der Waals surface area contributed by atoms with Crippen LogP contribution in [0.5, 0.6) is 0 Å². The third kappa shape index (κ3) is 4.17. The summed E-state index contributed by atoms with van der Waals surface area (Å²) in [5.74, 6) is -0.923. The van der Waals surface area contributed by atoms with E-state index in [1.54, 1.807) is 0 Å². The molecule has 0 aromatic carbocycles. The molecule has 0 spiro atoms. The minimum Gasteiger partial charge on any atom is -0.353 e. The van der Waals surface area contributed by atoms with Crippen LogP contribution in [0, 0.1) is 0 Å². The van der Waals surface area contributed by atoms with E-state index in [9.17, 15) is 22.8 Å². The van der Waals surface area contributed by atoms with Gasteiger partial charge in [-0.3, -0.25) is 14.9 Å². The second-order valence-corrected chi connectivity index (χ2v) is 4.41. The molecule has 1 aliphatic heterocycles. The fourth-order valence-electron chi connectivity index (χ4n) is 1.65. The molecular formula is C10H16F3N3O2. The fourth-order valence-corrected chi connectivity index (χ4v) is 1.65. The average molecular weight is 267 g/mol. The third-order valence-corrected chi connectivity index (χ3v) is 2.57. The number of halogens is 3. The van der Waals surface area contributed by atoms with E-state index >= 15 is 0 Å². The predicted octanol–water partition coefficient (Wildman–Crippen LogP) is -0.126. The summed E-state index contributed by atoms with van der Waals surface area (Å²) in [6.07, 6.45) is -4.43. The van der Waals surface area contributed by atoms with Crippen molar-refractivity contribution in [1.29, 1.82) is 0 Å². The van der Waals surface area contributed by atoms with E-state index < -0.39 is 30.7 Å². The molecular weight excluding hydrogens is 251 g/mol. The summed E-state index contributed by atoms with van der Waals surface area (Å²) in [6, 6.07) is -1.36. The Kier molecular flexibility index (Phi) is 4.55. The Morgan fingerprint density at radius 1 is 1.50 bits per heavy atom. The first-order chi connectivity index (χ1) is 8.20. The zero-order valence-electron chi connectivity index (χ0n) is 10.2. The highest BCUT2D eigenvalue weighted by Crippen LogP contribution is 2.18. The van der Waals surface area contributed by atoms with Gasteiger partial charge in [0.25, 0.3) is 0 Å².